The Morgan fingerprint density at radius 1 is 1.40 bits per heavy atom. The molecule has 4 heteroatoms. The standard InChI is InChI=1S/C6H13NOS.ClH/c7-6(5-8)1-3-9-4-2-6;/h8H,1-5,7H2;1H. The molecule has 0 aromatic carbocycles. The van der Waals surface area contributed by atoms with Gasteiger partial charge in [-0.2, -0.15) is 11.8 Å². The molecule has 0 radical (unpaired) electrons. The topological polar surface area (TPSA) is 46.2 Å². The highest BCUT2D eigenvalue weighted by Gasteiger charge is 2.26. The van der Waals surface area contributed by atoms with Gasteiger partial charge in [-0.05, 0) is 24.3 Å². The van der Waals surface area contributed by atoms with E-state index in [9.17, 15) is 0 Å². The van der Waals surface area contributed by atoms with Crippen molar-refractivity contribution in [3.8, 4) is 0 Å². The maximum absolute atomic E-state index is 8.82. The third kappa shape index (κ3) is 2.66. The van der Waals surface area contributed by atoms with Gasteiger partial charge < -0.3 is 10.8 Å². The average molecular weight is 184 g/mol. The number of aliphatic hydroxyl groups is 1. The maximum atomic E-state index is 8.82. The number of halogens is 1. The van der Waals surface area contributed by atoms with Gasteiger partial charge in [-0.1, -0.05) is 0 Å². The van der Waals surface area contributed by atoms with E-state index < -0.39 is 0 Å². The fourth-order valence-electron chi connectivity index (χ4n) is 0.936. The van der Waals surface area contributed by atoms with Gasteiger partial charge in [0, 0.05) is 5.54 Å². The molecule has 10 heavy (non-hydrogen) atoms. The van der Waals surface area contributed by atoms with Gasteiger partial charge in [0.15, 0.2) is 0 Å². The van der Waals surface area contributed by atoms with Gasteiger partial charge in [0.2, 0.25) is 0 Å². The van der Waals surface area contributed by atoms with Gasteiger partial charge in [0.1, 0.15) is 0 Å². The van der Waals surface area contributed by atoms with E-state index in [1.165, 1.54) is 0 Å². The fourth-order valence-corrected chi connectivity index (χ4v) is 2.24. The molecular formula is C6H14ClNOS. The predicted molar refractivity (Wildman–Crippen MR) is 47.8 cm³/mol. The minimum atomic E-state index is -0.245. The van der Waals surface area contributed by atoms with E-state index in [1.807, 2.05) is 11.8 Å². The summed E-state index contributed by atoms with van der Waals surface area (Å²) in [6.07, 6.45) is 1.93. The molecule has 1 heterocycles. The van der Waals surface area contributed by atoms with Crippen LogP contribution in [-0.4, -0.2) is 28.8 Å². The molecule has 1 aliphatic rings. The zero-order chi connectivity index (χ0) is 6.74. The number of rotatable bonds is 1. The van der Waals surface area contributed by atoms with Gasteiger partial charge in [-0.3, -0.25) is 0 Å². The van der Waals surface area contributed by atoms with E-state index in [1.54, 1.807) is 0 Å². The minimum absolute atomic E-state index is 0. The first kappa shape index (κ1) is 10.6. The van der Waals surface area contributed by atoms with Crippen LogP contribution in [0, 0.1) is 0 Å². The Kier molecular flexibility index (Phi) is 4.69. The van der Waals surface area contributed by atoms with Crippen LogP contribution >= 0.6 is 24.2 Å². The van der Waals surface area contributed by atoms with Gasteiger partial charge in [-0.25, -0.2) is 0 Å². The Morgan fingerprint density at radius 2 is 1.90 bits per heavy atom. The van der Waals surface area contributed by atoms with Crippen LogP contribution < -0.4 is 5.73 Å². The number of hydrogen-bond donors (Lipinski definition) is 2. The first-order valence-corrected chi connectivity index (χ1v) is 4.40. The molecule has 1 aliphatic heterocycles. The predicted octanol–water partition coefficient (Wildman–Crippen LogP) is 0.625. The Bertz CT molecular complexity index is 95.7. The molecule has 0 aromatic heterocycles. The summed E-state index contributed by atoms with van der Waals surface area (Å²) in [4.78, 5) is 0. The molecule has 0 amide bonds. The smallest absolute Gasteiger partial charge is 0.0611 e. The normalized spacial score (nSPS) is 23.4. The monoisotopic (exact) mass is 183 g/mol. The molecule has 1 saturated heterocycles. The summed E-state index contributed by atoms with van der Waals surface area (Å²) in [6, 6.07) is 0. The highest BCUT2D eigenvalue weighted by Crippen LogP contribution is 2.23. The highest BCUT2D eigenvalue weighted by atomic mass is 35.5. The summed E-state index contributed by atoms with van der Waals surface area (Å²) in [6.45, 7) is 0.146. The number of thioether (sulfide) groups is 1. The van der Waals surface area contributed by atoms with Crippen LogP contribution in [0.2, 0.25) is 0 Å². The first-order chi connectivity index (χ1) is 4.27. The lowest BCUT2D eigenvalue weighted by molar-refractivity contribution is 0.187. The van der Waals surface area contributed by atoms with Crippen LogP contribution in [0.3, 0.4) is 0 Å². The number of nitrogens with two attached hydrogens (primary N) is 1. The summed E-state index contributed by atoms with van der Waals surface area (Å²) in [5.41, 5.74) is 5.55. The van der Waals surface area contributed by atoms with Gasteiger partial charge in [0.05, 0.1) is 6.61 Å². The summed E-state index contributed by atoms with van der Waals surface area (Å²) >= 11 is 1.92. The van der Waals surface area contributed by atoms with Gasteiger partial charge >= 0.3 is 0 Å². The quantitative estimate of drug-likeness (QED) is 0.627. The second kappa shape index (κ2) is 4.44. The Labute approximate surface area is 72.0 Å². The number of hydrogen-bond acceptors (Lipinski definition) is 3. The largest absolute Gasteiger partial charge is 0.394 e. The van der Waals surface area contributed by atoms with E-state index in [0.717, 1.165) is 24.3 Å². The van der Waals surface area contributed by atoms with Crippen molar-refractivity contribution >= 4 is 24.2 Å². The lowest BCUT2D eigenvalue weighted by Crippen LogP contribution is -2.46. The fraction of sp³-hybridized carbons (Fsp3) is 1.00. The summed E-state index contributed by atoms with van der Waals surface area (Å²) < 4.78 is 0. The second-order valence-electron chi connectivity index (χ2n) is 2.63. The van der Waals surface area contributed by atoms with Crippen molar-refractivity contribution in [1.82, 2.24) is 0 Å². The van der Waals surface area contributed by atoms with Crippen molar-refractivity contribution < 1.29 is 5.11 Å². The molecule has 62 valence electrons. The highest BCUT2D eigenvalue weighted by molar-refractivity contribution is 7.99. The third-order valence-electron chi connectivity index (χ3n) is 1.80. The van der Waals surface area contributed by atoms with E-state index >= 15 is 0 Å². The van der Waals surface area contributed by atoms with Crippen LogP contribution in [0.1, 0.15) is 12.8 Å². The van der Waals surface area contributed by atoms with E-state index in [0.29, 0.717) is 0 Å². The van der Waals surface area contributed by atoms with Crippen molar-refractivity contribution in [2.75, 3.05) is 18.1 Å². The Hall–Kier alpha value is 0.560. The van der Waals surface area contributed by atoms with Crippen LogP contribution in [0.15, 0.2) is 0 Å². The van der Waals surface area contributed by atoms with Crippen molar-refractivity contribution in [3.63, 3.8) is 0 Å². The second-order valence-corrected chi connectivity index (χ2v) is 3.86. The van der Waals surface area contributed by atoms with E-state index in [-0.39, 0.29) is 24.6 Å². The molecule has 1 rings (SSSR count). The zero-order valence-corrected chi connectivity index (χ0v) is 7.51. The molecule has 0 aliphatic carbocycles. The van der Waals surface area contributed by atoms with Crippen molar-refractivity contribution in [3.05, 3.63) is 0 Å². The van der Waals surface area contributed by atoms with Crippen molar-refractivity contribution in [2.24, 2.45) is 5.73 Å². The van der Waals surface area contributed by atoms with Crippen molar-refractivity contribution in [1.29, 1.82) is 0 Å². The SMILES string of the molecule is Cl.NC1(CO)CCSCC1. The van der Waals surface area contributed by atoms with E-state index in [2.05, 4.69) is 0 Å². The average Bonchev–Trinajstić information content (AvgIpc) is 1.90. The van der Waals surface area contributed by atoms with Crippen LogP contribution in [0.25, 0.3) is 0 Å². The molecular weight excluding hydrogens is 170 g/mol. The molecule has 1 fully saturated rings. The molecule has 2 nitrogen and oxygen atoms in total. The summed E-state index contributed by atoms with van der Waals surface area (Å²) in [7, 11) is 0. The molecule has 0 aromatic rings. The summed E-state index contributed by atoms with van der Waals surface area (Å²) in [5.74, 6) is 2.22. The van der Waals surface area contributed by atoms with Crippen LogP contribution in [0.4, 0.5) is 0 Å². The minimum Gasteiger partial charge on any atom is -0.394 e. The molecule has 0 bridgehead atoms. The lowest BCUT2D eigenvalue weighted by Gasteiger charge is -2.30. The Balaban J connectivity index is 0.000000810. The first-order valence-electron chi connectivity index (χ1n) is 3.24. The molecule has 0 unspecified atom stereocenters. The summed E-state index contributed by atoms with van der Waals surface area (Å²) in [5, 5.41) is 8.82. The van der Waals surface area contributed by atoms with E-state index in [4.69, 9.17) is 10.8 Å². The van der Waals surface area contributed by atoms with Crippen LogP contribution in [-0.2, 0) is 0 Å². The Morgan fingerprint density at radius 3 is 2.20 bits per heavy atom. The zero-order valence-electron chi connectivity index (χ0n) is 5.88. The maximum Gasteiger partial charge on any atom is 0.0611 e. The van der Waals surface area contributed by atoms with Crippen LogP contribution in [0.5, 0.6) is 0 Å². The molecule has 0 spiro atoms. The molecule has 3 N–H and O–H groups in total. The van der Waals surface area contributed by atoms with Gasteiger partial charge in [-0.15, -0.1) is 12.4 Å². The lowest BCUT2D eigenvalue weighted by atomic mass is 9.95. The molecule has 0 saturated carbocycles. The van der Waals surface area contributed by atoms with Crippen molar-refractivity contribution in [2.45, 2.75) is 18.4 Å². The third-order valence-corrected chi connectivity index (χ3v) is 2.79. The number of aliphatic hydroxyl groups excluding tert-OH is 1. The molecule has 0 atom stereocenters. The van der Waals surface area contributed by atoms with Gasteiger partial charge in [0.25, 0.3) is 0 Å².